The number of carbonyl (C=O) groups excluding carboxylic acids is 1. The Hall–Kier alpha value is -2.89. The fourth-order valence-electron chi connectivity index (χ4n) is 2.94. The van der Waals surface area contributed by atoms with E-state index < -0.39 is 0 Å². The number of nitrogens with one attached hydrogen (secondary N) is 1. The average molecular weight is 307 g/mol. The number of rotatable bonds is 3. The molecule has 0 fully saturated rings. The van der Waals surface area contributed by atoms with Gasteiger partial charge in [0.15, 0.2) is 0 Å². The van der Waals surface area contributed by atoms with E-state index >= 15 is 0 Å². The Morgan fingerprint density at radius 2 is 2.04 bits per heavy atom. The lowest BCUT2D eigenvalue weighted by molar-refractivity contribution is 0.0927. The molecule has 0 bridgehead atoms. The average Bonchev–Trinajstić information content (AvgIpc) is 3.26. The molecule has 1 amide bonds. The van der Waals surface area contributed by atoms with Gasteiger partial charge in [-0.15, -0.1) is 0 Å². The van der Waals surface area contributed by atoms with E-state index in [1.165, 1.54) is 0 Å². The topological polar surface area (TPSA) is 64.7 Å². The lowest BCUT2D eigenvalue weighted by atomic mass is 10.1. The number of imidazole rings is 1. The van der Waals surface area contributed by atoms with Crippen LogP contribution in [-0.4, -0.2) is 31.3 Å². The lowest BCUT2D eigenvalue weighted by Crippen LogP contribution is -2.40. The van der Waals surface area contributed by atoms with E-state index in [0.717, 1.165) is 30.9 Å². The number of aryl methyl sites for hydroxylation is 1. The zero-order chi connectivity index (χ0) is 15.6. The molecule has 1 aliphatic rings. The summed E-state index contributed by atoms with van der Waals surface area (Å²) in [6, 6.07) is 9.48. The molecule has 0 saturated heterocycles. The fourth-order valence-corrected chi connectivity index (χ4v) is 2.94. The van der Waals surface area contributed by atoms with Crippen molar-refractivity contribution in [1.29, 1.82) is 0 Å². The van der Waals surface area contributed by atoms with E-state index in [4.69, 9.17) is 0 Å². The quantitative estimate of drug-likeness (QED) is 0.802. The smallest absolute Gasteiger partial charge is 0.251 e. The number of aromatic nitrogens is 4. The second-order valence-corrected chi connectivity index (χ2v) is 5.70. The van der Waals surface area contributed by atoms with Gasteiger partial charge in [0.05, 0.1) is 5.69 Å². The molecule has 0 unspecified atom stereocenters. The molecular weight excluding hydrogens is 290 g/mol. The SMILES string of the molecule is O=C(N[C@H]1CCc2nccn2C1)c1ccc(-n2cccn2)cc1. The predicted molar refractivity (Wildman–Crippen MR) is 85.4 cm³/mol. The molecule has 0 radical (unpaired) electrons. The third kappa shape index (κ3) is 2.75. The van der Waals surface area contributed by atoms with Gasteiger partial charge in [-0.05, 0) is 36.8 Å². The molecule has 1 N–H and O–H groups in total. The van der Waals surface area contributed by atoms with E-state index in [-0.39, 0.29) is 11.9 Å². The predicted octanol–water partition coefficient (Wildman–Crippen LogP) is 1.81. The van der Waals surface area contributed by atoms with Crippen LogP contribution in [0.25, 0.3) is 5.69 Å². The fraction of sp³-hybridized carbons (Fsp3) is 0.235. The molecule has 23 heavy (non-hydrogen) atoms. The third-order valence-electron chi connectivity index (χ3n) is 4.17. The maximum absolute atomic E-state index is 12.4. The maximum atomic E-state index is 12.4. The largest absolute Gasteiger partial charge is 0.347 e. The van der Waals surface area contributed by atoms with Crippen molar-refractivity contribution in [3.8, 4) is 5.69 Å². The molecule has 2 aromatic heterocycles. The third-order valence-corrected chi connectivity index (χ3v) is 4.17. The molecule has 3 aromatic rings. The first-order valence-corrected chi connectivity index (χ1v) is 7.70. The number of nitrogens with zero attached hydrogens (tertiary/aromatic N) is 4. The molecule has 0 spiro atoms. The molecule has 1 aliphatic heterocycles. The summed E-state index contributed by atoms with van der Waals surface area (Å²) in [5, 5.41) is 7.29. The van der Waals surface area contributed by atoms with Crippen LogP contribution in [0.4, 0.5) is 0 Å². The van der Waals surface area contributed by atoms with Gasteiger partial charge < -0.3 is 9.88 Å². The Morgan fingerprint density at radius 1 is 1.17 bits per heavy atom. The van der Waals surface area contributed by atoms with Crippen LogP contribution in [0.3, 0.4) is 0 Å². The number of hydrogen-bond donors (Lipinski definition) is 1. The number of fused-ring (bicyclic) bond motifs is 1. The minimum absolute atomic E-state index is 0.0365. The first-order chi connectivity index (χ1) is 11.3. The molecule has 0 aliphatic carbocycles. The summed E-state index contributed by atoms with van der Waals surface area (Å²) in [6.45, 7) is 0.784. The Kier molecular flexibility index (Phi) is 3.42. The highest BCUT2D eigenvalue weighted by Crippen LogP contribution is 2.14. The van der Waals surface area contributed by atoms with Gasteiger partial charge >= 0.3 is 0 Å². The minimum Gasteiger partial charge on any atom is -0.347 e. The molecule has 1 atom stereocenters. The zero-order valence-corrected chi connectivity index (χ0v) is 12.6. The van der Waals surface area contributed by atoms with Crippen molar-refractivity contribution in [2.75, 3.05) is 0 Å². The molecule has 4 rings (SSSR count). The summed E-state index contributed by atoms with van der Waals surface area (Å²) >= 11 is 0. The molecule has 0 saturated carbocycles. The van der Waals surface area contributed by atoms with Gasteiger partial charge in [-0.2, -0.15) is 5.10 Å². The van der Waals surface area contributed by atoms with Crippen LogP contribution in [0.5, 0.6) is 0 Å². The summed E-state index contributed by atoms with van der Waals surface area (Å²) < 4.78 is 3.87. The molecule has 3 heterocycles. The van der Waals surface area contributed by atoms with Crippen molar-refractivity contribution < 1.29 is 4.79 Å². The Balaban J connectivity index is 1.43. The lowest BCUT2D eigenvalue weighted by Gasteiger charge is -2.24. The van der Waals surface area contributed by atoms with Gasteiger partial charge in [0.2, 0.25) is 0 Å². The van der Waals surface area contributed by atoms with Crippen LogP contribution in [0.15, 0.2) is 55.1 Å². The van der Waals surface area contributed by atoms with E-state index in [2.05, 4.69) is 20.0 Å². The van der Waals surface area contributed by atoms with Crippen LogP contribution in [0, 0.1) is 0 Å². The van der Waals surface area contributed by atoms with Crippen molar-refractivity contribution in [2.24, 2.45) is 0 Å². The number of benzene rings is 1. The molecule has 116 valence electrons. The second-order valence-electron chi connectivity index (χ2n) is 5.70. The Bertz CT molecular complexity index is 804. The van der Waals surface area contributed by atoms with Crippen molar-refractivity contribution in [2.45, 2.75) is 25.4 Å². The van der Waals surface area contributed by atoms with Crippen LogP contribution in [0.2, 0.25) is 0 Å². The minimum atomic E-state index is -0.0365. The Morgan fingerprint density at radius 3 is 2.83 bits per heavy atom. The number of hydrogen-bond acceptors (Lipinski definition) is 3. The van der Waals surface area contributed by atoms with Gasteiger partial charge in [0.25, 0.3) is 5.91 Å². The first-order valence-electron chi connectivity index (χ1n) is 7.70. The zero-order valence-electron chi connectivity index (χ0n) is 12.6. The van der Waals surface area contributed by atoms with Crippen LogP contribution in [-0.2, 0) is 13.0 Å². The van der Waals surface area contributed by atoms with Gasteiger partial charge in [0, 0.05) is 49.4 Å². The van der Waals surface area contributed by atoms with Crippen molar-refractivity contribution in [3.05, 3.63) is 66.5 Å². The van der Waals surface area contributed by atoms with Gasteiger partial charge in [-0.25, -0.2) is 9.67 Å². The summed E-state index contributed by atoms with van der Waals surface area (Å²) in [5.41, 5.74) is 1.60. The van der Waals surface area contributed by atoms with E-state index in [9.17, 15) is 4.79 Å². The monoisotopic (exact) mass is 307 g/mol. The molecule has 1 aromatic carbocycles. The van der Waals surface area contributed by atoms with Gasteiger partial charge in [-0.3, -0.25) is 4.79 Å². The highest BCUT2D eigenvalue weighted by molar-refractivity contribution is 5.94. The van der Waals surface area contributed by atoms with E-state index in [1.807, 2.05) is 48.9 Å². The van der Waals surface area contributed by atoms with Gasteiger partial charge in [0.1, 0.15) is 5.82 Å². The summed E-state index contributed by atoms with van der Waals surface area (Å²) in [6.07, 6.45) is 9.21. The summed E-state index contributed by atoms with van der Waals surface area (Å²) in [4.78, 5) is 16.7. The Labute approximate surface area is 133 Å². The summed E-state index contributed by atoms with van der Waals surface area (Å²) in [7, 11) is 0. The second kappa shape index (κ2) is 5.72. The summed E-state index contributed by atoms with van der Waals surface area (Å²) in [5.74, 6) is 1.06. The maximum Gasteiger partial charge on any atom is 0.251 e. The standard InChI is InChI=1S/C17H17N5O/c23-17(20-14-4-7-16-18-9-11-21(16)12-14)13-2-5-15(6-3-13)22-10-1-8-19-22/h1-3,5-6,8-11,14H,4,7,12H2,(H,20,23)/t14-/m0/s1. The molecule has 6 heteroatoms. The number of carbonyl (C=O) groups is 1. The van der Waals surface area contributed by atoms with E-state index in [1.54, 1.807) is 10.9 Å². The van der Waals surface area contributed by atoms with E-state index in [0.29, 0.717) is 5.56 Å². The first kappa shape index (κ1) is 13.8. The highest BCUT2D eigenvalue weighted by Gasteiger charge is 2.20. The van der Waals surface area contributed by atoms with Crippen LogP contribution >= 0.6 is 0 Å². The normalized spacial score (nSPS) is 16.8. The van der Waals surface area contributed by atoms with Crippen molar-refractivity contribution in [1.82, 2.24) is 24.6 Å². The number of amides is 1. The van der Waals surface area contributed by atoms with Crippen molar-refractivity contribution >= 4 is 5.91 Å². The molecular formula is C17H17N5O. The van der Waals surface area contributed by atoms with Crippen molar-refractivity contribution in [3.63, 3.8) is 0 Å². The van der Waals surface area contributed by atoms with Crippen LogP contribution in [0.1, 0.15) is 22.6 Å². The highest BCUT2D eigenvalue weighted by atomic mass is 16.1. The van der Waals surface area contributed by atoms with Crippen LogP contribution < -0.4 is 5.32 Å². The van der Waals surface area contributed by atoms with Gasteiger partial charge in [-0.1, -0.05) is 0 Å². The molecule has 6 nitrogen and oxygen atoms in total.